The standard InChI is InChI=1S/C22H17N3O5/c1-14(20-24-25-21(30-20)15-8-3-2-4-9-15)29-22(27)16-10-5-6-11-17(16)23-19(26)18-12-7-13-28-18/h2-14H,1H3,(H,23,26)/t14-/m0/s1. The van der Waals surface area contributed by atoms with Gasteiger partial charge in [-0.05, 0) is 43.3 Å². The highest BCUT2D eigenvalue weighted by molar-refractivity contribution is 6.06. The van der Waals surface area contributed by atoms with Gasteiger partial charge < -0.3 is 18.9 Å². The zero-order chi connectivity index (χ0) is 20.9. The lowest BCUT2D eigenvalue weighted by Crippen LogP contribution is -2.16. The molecule has 0 spiro atoms. The van der Waals surface area contributed by atoms with E-state index in [4.69, 9.17) is 13.6 Å². The van der Waals surface area contributed by atoms with Crippen molar-refractivity contribution in [2.24, 2.45) is 0 Å². The van der Waals surface area contributed by atoms with E-state index in [1.54, 1.807) is 37.3 Å². The Morgan fingerprint density at radius 1 is 0.967 bits per heavy atom. The molecule has 8 heteroatoms. The lowest BCUT2D eigenvalue weighted by Gasteiger charge is -2.12. The number of esters is 1. The van der Waals surface area contributed by atoms with E-state index in [0.29, 0.717) is 11.6 Å². The first-order chi connectivity index (χ1) is 14.6. The van der Waals surface area contributed by atoms with E-state index >= 15 is 0 Å². The molecule has 0 unspecified atom stereocenters. The normalized spacial score (nSPS) is 11.6. The van der Waals surface area contributed by atoms with Crippen LogP contribution in [0, 0.1) is 0 Å². The zero-order valence-corrected chi connectivity index (χ0v) is 15.9. The van der Waals surface area contributed by atoms with Crippen molar-refractivity contribution >= 4 is 17.6 Å². The van der Waals surface area contributed by atoms with Gasteiger partial charge in [-0.25, -0.2) is 4.79 Å². The van der Waals surface area contributed by atoms with E-state index in [2.05, 4.69) is 15.5 Å². The van der Waals surface area contributed by atoms with Crippen LogP contribution < -0.4 is 5.32 Å². The van der Waals surface area contributed by atoms with Crippen LogP contribution in [0.15, 0.2) is 81.8 Å². The molecule has 1 amide bonds. The van der Waals surface area contributed by atoms with E-state index in [9.17, 15) is 9.59 Å². The van der Waals surface area contributed by atoms with Gasteiger partial charge in [0, 0.05) is 5.56 Å². The van der Waals surface area contributed by atoms with Crippen molar-refractivity contribution in [2.45, 2.75) is 13.0 Å². The largest absolute Gasteiger partial charge is 0.459 e. The Morgan fingerprint density at radius 2 is 1.73 bits per heavy atom. The first-order valence-corrected chi connectivity index (χ1v) is 9.15. The Kier molecular flexibility index (Phi) is 5.38. The van der Waals surface area contributed by atoms with Crippen LogP contribution in [0.25, 0.3) is 11.5 Å². The maximum absolute atomic E-state index is 12.7. The fraction of sp³-hybridized carbons (Fsp3) is 0.0909. The molecule has 0 aliphatic rings. The summed E-state index contributed by atoms with van der Waals surface area (Å²) in [5.74, 6) is -0.486. The van der Waals surface area contributed by atoms with Gasteiger partial charge in [0.15, 0.2) is 11.9 Å². The van der Waals surface area contributed by atoms with Crippen LogP contribution in [-0.4, -0.2) is 22.1 Å². The van der Waals surface area contributed by atoms with Gasteiger partial charge in [-0.2, -0.15) is 0 Å². The summed E-state index contributed by atoms with van der Waals surface area (Å²) in [5.41, 5.74) is 1.25. The van der Waals surface area contributed by atoms with Gasteiger partial charge in [0.1, 0.15) is 0 Å². The van der Waals surface area contributed by atoms with Crippen LogP contribution in [0.5, 0.6) is 0 Å². The number of anilines is 1. The molecular formula is C22H17N3O5. The van der Waals surface area contributed by atoms with Crippen molar-refractivity contribution in [1.82, 2.24) is 10.2 Å². The van der Waals surface area contributed by atoms with Gasteiger partial charge in [-0.15, -0.1) is 10.2 Å². The fourth-order valence-electron chi connectivity index (χ4n) is 2.73. The Hall–Kier alpha value is -4.20. The van der Waals surface area contributed by atoms with Crippen molar-refractivity contribution in [3.63, 3.8) is 0 Å². The highest BCUT2D eigenvalue weighted by Gasteiger charge is 2.22. The number of nitrogens with zero attached hydrogens (tertiary/aromatic N) is 2. The average Bonchev–Trinajstić information content (AvgIpc) is 3.47. The number of nitrogens with one attached hydrogen (secondary N) is 1. The highest BCUT2D eigenvalue weighted by atomic mass is 16.6. The van der Waals surface area contributed by atoms with Gasteiger partial charge in [0.05, 0.1) is 17.5 Å². The number of furan rings is 1. The van der Waals surface area contributed by atoms with E-state index < -0.39 is 18.0 Å². The minimum Gasteiger partial charge on any atom is -0.459 e. The number of ether oxygens (including phenoxy) is 1. The fourth-order valence-corrected chi connectivity index (χ4v) is 2.73. The molecule has 0 saturated carbocycles. The second-order valence-corrected chi connectivity index (χ2v) is 6.34. The van der Waals surface area contributed by atoms with Crippen LogP contribution in [0.3, 0.4) is 0 Å². The van der Waals surface area contributed by atoms with E-state index in [-0.39, 0.29) is 17.2 Å². The second-order valence-electron chi connectivity index (χ2n) is 6.34. The average molecular weight is 403 g/mol. The zero-order valence-electron chi connectivity index (χ0n) is 15.9. The summed E-state index contributed by atoms with van der Waals surface area (Å²) in [5, 5.41) is 10.6. The Bertz CT molecular complexity index is 1150. The molecule has 30 heavy (non-hydrogen) atoms. The number of amides is 1. The highest BCUT2D eigenvalue weighted by Crippen LogP contribution is 2.24. The van der Waals surface area contributed by atoms with Crippen LogP contribution in [-0.2, 0) is 4.74 Å². The molecule has 2 heterocycles. The Morgan fingerprint density at radius 3 is 2.50 bits per heavy atom. The number of para-hydroxylation sites is 1. The molecule has 2 aromatic carbocycles. The first kappa shape index (κ1) is 19.1. The van der Waals surface area contributed by atoms with Crippen molar-refractivity contribution in [2.75, 3.05) is 5.32 Å². The van der Waals surface area contributed by atoms with E-state index in [1.165, 1.54) is 12.3 Å². The molecule has 1 N–H and O–H groups in total. The lowest BCUT2D eigenvalue weighted by molar-refractivity contribution is 0.0281. The summed E-state index contributed by atoms with van der Waals surface area (Å²) >= 11 is 0. The molecule has 150 valence electrons. The first-order valence-electron chi connectivity index (χ1n) is 9.15. The summed E-state index contributed by atoms with van der Waals surface area (Å²) in [6, 6.07) is 18.9. The molecule has 0 fully saturated rings. The topological polar surface area (TPSA) is 107 Å². The molecule has 4 rings (SSSR count). The molecular weight excluding hydrogens is 386 g/mol. The minimum atomic E-state index is -0.781. The molecule has 0 aliphatic carbocycles. The summed E-state index contributed by atoms with van der Waals surface area (Å²) < 4.78 is 16.2. The van der Waals surface area contributed by atoms with Crippen LogP contribution in [0.4, 0.5) is 5.69 Å². The smallest absolute Gasteiger partial charge is 0.341 e. The van der Waals surface area contributed by atoms with Gasteiger partial charge in [0.25, 0.3) is 11.8 Å². The maximum Gasteiger partial charge on any atom is 0.341 e. The maximum atomic E-state index is 12.7. The third-order valence-electron chi connectivity index (χ3n) is 4.23. The van der Waals surface area contributed by atoms with Gasteiger partial charge in [0.2, 0.25) is 5.89 Å². The molecule has 2 aromatic heterocycles. The molecule has 4 aromatic rings. The molecule has 1 atom stereocenters. The van der Waals surface area contributed by atoms with Gasteiger partial charge >= 0.3 is 5.97 Å². The van der Waals surface area contributed by atoms with Gasteiger partial charge in [-0.3, -0.25) is 4.79 Å². The molecule has 0 aliphatic heterocycles. The van der Waals surface area contributed by atoms with Gasteiger partial charge in [-0.1, -0.05) is 30.3 Å². The summed E-state index contributed by atoms with van der Waals surface area (Å²) in [6.45, 7) is 1.63. The number of rotatable bonds is 6. The predicted molar refractivity (Wildman–Crippen MR) is 107 cm³/mol. The van der Waals surface area contributed by atoms with E-state index in [1.807, 2.05) is 30.3 Å². The molecule has 0 saturated heterocycles. The van der Waals surface area contributed by atoms with Crippen molar-refractivity contribution < 1.29 is 23.2 Å². The lowest BCUT2D eigenvalue weighted by atomic mass is 10.1. The Balaban J connectivity index is 1.48. The number of carbonyl (C=O) groups is 2. The van der Waals surface area contributed by atoms with Crippen LogP contribution >= 0.6 is 0 Å². The monoisotopic (exact) mass is 403 g/mol. The predicted octanol–water partition coefficient (Wildman–Crippen LogP) is 4.50. The van der Waals surface area contributed by atoms with E-state index in [0.717, 1.165) is 5.56 Å². The number of hydrogen-bond donors (Lipinski definition) is 1. The Labute approximate surface area is 171 Å². The van der Waals surface area contributed by atoms with Crippen molar-refractivity contribution in [3.05, 3.63) is 90.2 Å². The molecule has 8 nitrogen and oxygen atoms in total. The minimum absolute atomic E-state index is 0.130. The number of aromatic nitrogens is 2. The van der Waals surface area contributed by atoms with Crippen LogP contribution in [0.1, 0.15) is 39.8 Å². The van der Waals surface area contributed by atoms with Crippen LogP contribution in [0.2, 0.25) is 0 Å². The molecule has 0 radical (unpaired) electrons. The summed E-state index contributed by atoms with van der Waals surface area (Å²) in [7, 11) is 0. The van der Waals surface area contributed by atoms with Crippen molar-refractivity contribution in [1.29, 1.82) is 0 Å². The summed E-state index contributed by atoms with van der Waals surface area (Å²) in [6.07, 6.45) is 0.613. The number of benzene rings is 2. The number of carbonyl (C=O) groups excluding carboxylic acids is 2. The number of hydrogen-bond acceptors (Lipinski definition) is 7. The second kappa shape index (κ2) is 8.44. The molecule has 0 bridgehead atoms. The van der Waals surface area contributed by atoms with Crippen molar-refractivity contribution in [3.8, 4) is 11.5 Å². The third kappa shape index (κ3) is 4.12. The quantitative estimate of drug-likeness (QED) is 0.472. The third-order valence-corrected chi connectivity index (χ3v) is 4.23. The SMILES string of the molecule is C[C@H](OC(=O)c1ccccc1NC(=O)c1ccco1)c1nnc(-c2ccccc2)o1. The summed E-state index contributed by atoms with van der Waals surface area (Å²) in [4.78, 5) is 24.9.